The summed E-state index contributed by atoms with van der Waals surface area (Å²) in [5, 5.41) is 9.31. The largest absolute Gasteiger partial charge is 0.381 e. The van der Waals surface area contributed by atoms with Crippen molar-refractivity contribution in [2.45, 2.75) is 44.6 Å². The Bertz CT molecular complexity index is 597. The molecule has 150 valence electrons. The van der Waals surface area contributed by atoms with Crippen molar-refractivity contribution in [3.05, 3.63) is 29.8 Å². The van der Waals surface area contributed by atoms with Gasteiger partial charge in [0.05, 0.1) is 0 Å². The van der Waals surface area contributed by atoms with Gasteiger partial charge in [-0.25, -0.2) is 0 Å². The van der Waals surface area contributed by atoms with Crippen molar-refractivity contribution in [3.8, 4) is 0 Å². The van der Waals surface area contributed by atoms with Gasteiger partial charge in [-0.3, -0.25) is 9.59 Å². The lowest BCUT2D eigenvalue weighted by Gasteiger charge is -2.23. The zero-order chi connectivity index (χ0) is 18.2. The van der Waals surface area contributed by atoms with Gasteiger partial charge >= 0.3 is 0 Å². The molecule has 0 aliphatic carbocycles. The summed E-state index contributed by atoms with van der Waals surface area (Å²) in [4.78, 5) is 24.4. The molecule has 0 atom stereocenters. The normalized spacial score (nSPS) is 18.4. The third kappa shape index (κ3) is 7.13. The molecule has 27 heavy (non-hydrogen) atoms. The minimum atomic E-state index is -0.0688. The second kappa shape index (κ2) is 11.3. The van der Waals surface area contributed by atoms with Crippen LogP contribution in [0.3, 0.4) is 0 Å². The molecule has 2 amide bonds. The first kappa shape index (κ1) is 21.7. The fourth-order valence-electron chi connectivity index (χ4n) is 3.54. The van der Waals surface area contributed by atoms with Crippen molar-refractivity contribution in [1.29, 1.82) is 0 Å². The molecular formula is C20H30ClN3O3. The number of hydrogen-bond acceptors (Lipinski definition) is 4. The summed E-state index contributed by atoms with van der Waals surface area (Å²) in [5.41, 5.74) is 1.35. The van der Waals surface area contributed by atoms with Crippen molar-refractivity contribution in [1.82, 2.24) is 10.6 Å². The van der Waals surface area contributed by atoms with Crippen molar-refractivity contribution in [3.63, 3.8) is 0 Å². The molecule has 1 aromatic carbocycles. The van der Waals surface area contributed by atoms with E-state index in [2.05, 4.69) is 16.0 Å². The Hall–Kier alpha value is -1.63. The molecule has 0 aromatic heterocycles. The summed E-state index contributed by atoms with van der Waals surface area (Å²) in [5.74, 6) is 0.627. The lowest BCUT2D eigenvalue weighted by atomic mass is 9.93. The summed E-state index contributed by atoms with van der Waals surface area (Å²) in [6, 6.07) is 7.29. The maximum atomic E-state index is 12.3. The molecule has 6 nitrogen and oxygen atoms in total. The molecule has 0 spiro atoms. The molecular weight excluding hydrogens is 366 g/mol. The topological polar surface area (TPSA) is 79.5 Å². The fourth-order valence-corrected chi connectivity index (χ4v) is 3.54. The second-order valence-corrected chi connectivity index (χ2v) is 7.22. The molecule has 2 heterocycles. The molecule has 3 N–H and O–H groups in total. The van der Waals surface area contributed by atoms with Crippen LogP contribution in [-0.2, 0) is 9.53 Å². The van der Waals surface area contributed by atoms with Gasteiger partial charge in [0.25, 0.3) is 5.91 Å². The summed E-state index contributed by atoms with van der Waals surface area (Å²) in [6.07, 6.45) is 5.53. The van der Waals surface area contributed by atoms with Gasteiger partial charge in [-0.1, -0.05) is 0 Å². The quantitative estimate of drug-likeness (QED) is 0.692. The van der Waals surface area contributed by atoms with Gasteiger partial charge in [0.2, 0.25) is 5.91 Å². The van der Waals surface area contributed by atoms with Crippen LogP contribution in [0.1, 0.15) is 48.9 Å². The van der Waals surface area contributed by atoms with Crippen LogP contribution in [0.2, 0.25) is 0 Å². The first-order valence-corrected chi connectivity index (χ1v) is 9.70. The van der Waals surface area contributed by atoms with E-state index in [0.717, 1.165) is 50.9 Å². The van der Waals surface area contributed by atoms with E-state index >= 15 is 0 Å². The van der Waals surface area contributed by atoms with Crippen LogP contribution in [0.15, 0.2) is 24.3 Å². The van der Waals surface area contributed by atoms with Crippen LogP contribution in [0.4, 0.5) is 5.69 Å². The average Bonchev–Trinajstić information content (AvgIpc) is 2.68. The number of carbonyl (C=O) groups is 2. The number of nitrogens with one attached hydrogen (secondary N) is 3. The molecule has 2 fully saturated rings. The van der Waals surface area contributed by atoms with E-state index in [-0.39, 0.29) is 30.3 Å². The van der Waals surface area contributed by atoms with Crippen molar-refractivity contribution >= 4 is 29.9 Å². The number of hydrogen-bond donors (Lipinski definition) is 3. The minimum absolute atomic E-state index is 0. The van der Waals surface area contributed by atoms with Crippen LogP contribution < -0.4 is 16.0 Å². The highest BCUT2D eigenvalue weighted by molar-refractivity contribution is 5.96. The third-order valence-corrected chi connectivity index (χ3v) is 5.23. The van der Waals surface area contributed by atoms with Crippen LogP contribution in [0, 0.1) is 5.92 Å². The van der Waals surface area contributed by atoms with Crippen molar-refractivity contribution in [2.75, 3.05) is 31.6 Å². The number of halogens is 1. The Morgan fingerprint density at radius 1 is 1.04 bits per heavy atom. The SMILES string of the molecule is Cl.O=C(CCC1CCNCC1)Nc1ccc(C(=O)NC2CCOCC2)cc1. The molecule has 2 aliphatic heterocycles. The number of anilines is 1. The molecule has 3 rings (SSSR count). The van der Waals surface area contributed by atoms with Crippen LogP contribution in [0.25, 0.3) is 0 Å². The minimum Gasteiger partial charge on any atom is -0.381 e. The van der Waals surface area contributed by atoms with E-state index in [1.807, 2.05) is 0 Å². The van der Waals surface area contributed by atoms with E-state index in [4.69, 9.17) is 4.74 Å². The zero-order valence-electron chi connectivity index (χ0n) is 15.7. The molecule has 2 saturated heterocycles. The van der Waals surface area contributed by atoms with Gasteiger partial charge < -0.3 is 20.7 Å². The highest BCUT2D eigenvalue weighted by atomic mass is 35.5. The Labute approximate surface area is 167 Å². The number of benzene rings is 1. The molecule has 2 aliphatic rings. The summed E-state index contributed by atoms with van der Waals surface area (Å²) < 4.78 is 5.30. The Balaban J connectivity index is 0.00000261. The molecule has 7 heteroatoms. The number of amides is 2. The maximum Gasteiger partial charge on any atom is 0.251 e. The number of rotatable bonds is 6. The summed E-state index contributed by atoms with van der Waals surface area (Å²) in [7, 11) is 0. The van der Waals surface area contributed by atoms with Crippen molar-refractivity contribution < 1.29 is 14.3 Å². The number of piperidine rings is 1. The second-order valence-electron chi connectivity index (χ2n) is 7.22. The van der Waals surface area contributed by atoms with Gasteiger partial charge in [0.15, 0.2) is 0 Å². The smallest absolute Gasteiger partial charge is 0.251 e. The summed E-state index contributed by atoms with van der Waals surface area (Å²) >= 11 is 0. The van der Waals surface area contributed by atoms with Gasteiger partial charge in [-0.2, -0.15) is 0 Å². The highest BCUT2D eigenvalue weighted by Gasteiger charge is 2.17. The van der Waals surface area contributed by atoms with Gasteiger partial charge in [-0.05, 0) is 75.4 Å². The molecule has 0 bridgehead atoms. The van der Waals surface area contributed by atoms with Gasteiger partial charge in [0.1, 0.15) is 0 Å². The molecule has 1 aromatic rings. The Morgan fingerprint density at radius 3 is 2.37 bits per heavy atom. The van der Waals surface area contributed by atoms with Gasteiger partial charge in [0, 0.05) is 36.9 Å². The van der Waals surface area contributed by atoms with E-state index < -0.39 is 0 Å². The first-order chi connectivity index (χ1) is 12.7. The Morgan fingerprint density at radius 2 is 1.70 bits per heavy atom. The lowest BCUT2D eigenvalue weighted by Crippen LogP contribution is -2.38. The maximum absolute atomic E-state index is 12.3. The molecule has 0 radical (unpaired) electrons. The first-order valence-electron chi connectivity index (χ1n) is 9.70. The molecule has 0 unspecified atom stereocenters. The lowest BCUT2D eigenvalue weighted by molar-refractivity contribution is -0.116. The fraction of sp³-hybridized carbons (Fsp3) is 0.600. The zero-order valence-corrected chi connectivity index (χ0v) is 16.5. The van der Waals surface area contributed by atoms with E-state index in [9.17, 15) is 9.59 Å². The standard InChI is InChI=1S/C20H29N3O3.ClH/c24-19(6-1-15-7-11-21-12-8-15)22-17-4-2-16(3-5-17)20(25)23-18-9-13-26-14-10-18;/h2-5,15,18,21H,1,6-14H2,(H,22,24)(H,23,25);1H. The predicted molar refractivity (Wildman–Crippen MR) is 108 cm³/mol. The number of carbonyl (C=O) groups excluding carboxylic acids is 2. The molecule has 0 saturated carbocycles. The van der Waals surface area contributed by atoms with Crippen LogP contribution in [-0.4, -0.2) is 44.2 Å². The van der Waals surface area contributed by atoms with Crippen LogP contribution >= 0.6 is 12.4 Å². The van der Waals surface area contributed by atoms with E-state index in [1.165, 1.54) is 0 Å². The van der Waals surface area contributed by atoms with Crippen molar-refractivity contribution in [2.24, 2.45) is 5.92 Å². The van der Waals surface area contributed by atoms with Gasteiger partial charge in [-0.15, -0.1) is 12.4 Å². The monoisotopic (exact) mass is 395 g/mol. The average molecular weight is 396 g/mol. The van der Waals surface area contributed by atoms with Crippen LogP contribution in [0.5, 0.6) is 0 Å². The van der Waals surface area contributed by atoms with E-state index in [0.29, 0.717) is 31.1 Å². The number of ether oxygens (including phenoxy) is 1. The summed E-state index contributed by atoms with van der Waals surface area (Å²) in [6.45, 7) is 3.52. The predicted octanol–water partition coefficient (Wildman–Crippen LogP) is 2.74. The Kier molecular flexibility index (Phi) is 9.04. The third-order valence-electron chi connectivity index (χ3n) is 5.23. The highest BCUT2D eigenvalue weighted by Crippen LogP contribution is 2.18. The van der Waals surface area contributed by atoms with E-state index in [1.54, 1.807) is 24.3 Å².